The average molecular weight is 112 g/mol. The predicted octanol–water partition coefficient (Wildman–Crippen LogP) is 0.992. The number of rotatable bonds is 3. The van der Waals surface area contributed by atoms with Gasteiger partial charge in [-0.1, -0.05) is 0 Å². The third-order valence-corrected chi connectivity index (χ3v) is 1.30. The Morgan fingerprint density at radius 2 is 2.50 bits per heavy atom. The molecule has 1 aliphatic rings. The first kappa shape index (κ1) is 5.60. The second-order valence-corrected chi connectivity index (χ2v) is 2.19. The van der Waals surface area contributed by atoms with Gasteiger partial charge in [0.25, 0.3) is 0 Å². The largest absolute Gasteiger partial charge is 0.310 e. The van der Waals surface area contributed by atoms with Crippen molar-refractivity contribution in [3.8, 4) is 0 Å². The Morgan fingerprint density at radius 1 is 1.75 bits per heavy atom. The van der Waals surface area contributed by atoms with E-state index < -0.39 is 0 Å². The Morgan fingerprint density at radius 3 is 3.00 bits per heavy atom. The van der Waals surface area contributed by atoms with E-state index in [0.717, 1.165) is 12.5 Å². The molecule has 0 unspecified atom stereocenters. The molecule has 0 spiro atoms. The molecule has 0 saturated heterocycles. The fraction of sp³-hybridized carbons (Fsp3) is 0.833. The van der Waals surface area contributed by atoms with E-state index in [-0.39, 0.29) is 0 Å². The molecule has 1 N–H and O–H groups in total. The summed E-state index contributed by atoms with van der Waals surface area (Å²) in [6.45, 7) is 2.99. The van der Waals surface area contributed by atoms with Gasteiger partial charge in [-0.05, 0) is 25.7 Å². The summed E-state index contributed by atoms with van der Waals surface area (Å²) < 4.78 is 0. The summed E-state index contributed by atoms with van der Waals surface area (Å²) in [4.78, 5) is 0. The summed E-state index contributed by atoms with van der Waals surface area (Å²) in [7, 11) is 0. The lowest BCUT2D eigenvalue weighted by Gasteiger charge is -1.92. The Kier molecular flexibility index (Phi) is 1.89. The number of nitrogens with zero attached hydrogens (tertiary/aromatic N) is 1. The zero-order valence-corrected chi connectivity index (χ0v) is 5.22. The van der Waals surface area contributed by atoms with E-state index in [0.29, 0.717) is 0 Å². The van der Waals surface area contributed by atoms with Gasteiger partial charge < -0.3 is 5.43 Å². The molecule has 1 rings (SSSR count). The molecule has 1 aliphatic carbocycles. The van der Waals surface area contributed by atoms with Crippen LogP contribution < -0.4 is 5.43 Å². The normalized spacial score (nSPS) is 19.6. The molecule has 0 heterocycles. The van der Waals surface area contributed by atoms with E-state index in [1.54, 1.807) is 6.21 Å². The second-order valence-electron chi connectivity index (χ2n) is 2.19. The number of hydrogen-bond donors (Lipinski definition) is 1. The molecule has 0 aliphatic heterocycles. The lowest BCUT2D eigenvalue weighted by Crippen LogP contribution is -2.08. The van der Waals surface area contributed by atoms with Crippen molar-refractivity contribution in [3.05, 3.63) is 0 Å². The highest BCUT2D eigenvalue weighted by molar-refractivity contribution is 5.52. The molecule has 0 aromatic rings. The minimum Gasteiger partial charge on any atom is -0.310 e. The van der Waals surface area contributed by atoms with Crippen LogP contribution in [0.3, 0.4) is 0 Å². The molecule has 8 heavy (non-hydrogen) atoms. The van der Waals surface area contributed by atoms with Gasteiger partial charge in [0.2, 0.25) is 0 Å². The van der Waals surface area contributed by atoms with Gasteiger partial charge in [-0.3, -0.25) is 0 Å². The van der Waals surface area contributed by atoms with Crippen LogP contribution in [0.4, 0.5) is 0 Å². The van der Waals surface area contributed by atoms with Crippen molar-refractivity contribution < 1.29 is 0 Å². The van der Waals surface area contributed by atoms with Crippen molar-refractivity contribution in [2.75, 3.05) is 6.54 Å². The molecule has 0 aromatic carbocycles. The maximum Gasteiger partial charge on any atom is 0.0357 e. The van der Waals surface area contributed by atoms with E-state index in [9.17, 15) is 0 Å². The molecule has 2 nitrogen and oxygen atoms in total. The van der Waals surface area contributed by atoms with Gasteiger partial charge in [0.05, 0.1) is 0 Å². The van der Waals surface area contributed by atoms with Crippen LogP contribution in [-0.4, -0.2) is 12.8 Å². The van der Waals surface area contributed by atoms with Gasteiger partial charge in [0, 0.05) is 12.8 Å². The van der Waals surface area contributed by atoms with Crippen LogP contribution in [0.2, 0.25) is 0 Å². The molecule has 0 radical (unpaired) electrons. The third kappa shape index (κ3) is 1.96. The highest BCUT2D eigenvalue weighted by atomic mass is 15.3. The Labute approximate surface area is 50.0 Å². The molecule has 0 amide bonds. The highest BCUT2D eigenvalue weighted by Gasteiger charge is 2.19. The first-order valence-electron chi connectivity index (χ1n) is 3.14. The van der Waals surface area contributed by atoms with Gasteiger partial charge in [-0.25, -0.2) is 0 Å². The third-order valence-electron chi connectivity index (χ3n) is 1.30. The molecular weight excluding hydrogens is 100 g/mol. The molecule has 0 bridgehead atoms. The maximum absolute atomic E-state index is 3.88. The smallest absolute Gasteiger partial charge is 0.0357 e. The molecule has 46 valence electrons. The van der Waals surface area contributed by atoms with E-state index in [1.807, 2.05) is 6.92 Å². The van der Waals surface area contributed by atoms with Crippen molar-refractivity contribution in [2.45, 2.75) is 19.8 Å². The van der Waals surface area contributed by atoms with Crippen molar-refractivity contribution in [3.63, 3.8) is 0 Å². The Balaban J connectivity index is 1.88. The van der Waals surface area contributed by atoms with Crippen LogP contribution >= 0.6 is 0 Å². The summed E-state index contributed by atoms with van der Waals surface area (Å²) in [5.41, 5.74) is 2.97. The first-order valence-corrected chi connectivity index (χ1v) is 3.14. The fourth-order valence-corrected chi connectivity index (χ4v) is 0.595. The van der Waals surface area contributed by atoms with Crippen molar-refractivity contribution in [2.24, 2.45) is 11.0 Å². The molecule has 1 saturated carbocycles. The summed E-state index contributed by atoms with van der Waals surface area (Å²) in [6.07, 6.45) is 4.57. The fourth-order valence-electron chi connectivity index (χ4n) is 0.595. The second kappa shape index (κ2) is 2.70. The first-order chi connectivity index (χ1) is 3.93. The molecule has 0 aromatic heterocycles. The lowest BCUT2D eigenvalue weighted by atomic mass is 10.4. The molecule has 0 atom stereocenters. The monoisotopic (exact) mass is 112 g/mol. The Bertz CT molecular complexity index is 84.5. The highest BCUT2D eigenvalue weighted by Crippen LogP contribution is 2.27. The van der Waals surface area contributed by atoms with Crippen molar-refractivity contribution in [1.29, 1.82) is 0 Å². The van der Waals surface area contributed by atoms with Crippen LogP contribution in [0.15, 0.2) is 5.10 Å². The minimum absolute atomic E-state index is 0.929. The summed E-state index contributed by atoms with van der Waals surface area (Å²) in [6, 6.07) is 0. The zero-order chi connectivity index (χ0) is 5.82. The van der Waals surface area contributed by atoms with Gasteiger partial charge in [-0.2, -0.15) is 5.10 Å². The van der Waals surface area contributed by atoms with Crippen LogP contribution in [0.1, 0.15) is 19.8 Å². The van der Waals surface area contributed by atoms with Crippen LogP contribution in [0.25, 0.3) is 0 Å². The average Bonchev–Trinajstić information content (AvgIpc) is 2.51. The molecule has 2 heteroatoms. The summed E-state index contributed by atoms with van der Waals surface area (Å²) in [5, 5.41) is 3.88. The van der Waals surface area contributed by atoms with Gasteiger partial charge in [0.15, 0.2) is 0 Å². The predicted molar refractivity (Wildman–Crippen MR) is 34.9 cm³/mol. The Hall–Kier alpha value is -0.530. The zero-order valence-electron chi connectivity index (χ0n) is 5.22. The van der Waals surface area contributed by atoms with Crippen molar-refractivity contribution in [1.82, 2.24) is 5.43 Å². The van der Waals surface area contributed by atoms with E-state index in [2.05, 4.69) is 10.5 Å². The number of nitrogens with one attached hydrogen (secondary N) is 1. The SMILES string of the molecule is C/C=N\NCC1CC1. The van der Waals surface area contributed by atoms with Gasteiger partial charge >= 0.3 is 0 Å². The maximum atomic E-state index is 3.88. The van der Waals surface area contributed by atoms with Crippen LogP contribution in [0, 0.1) is 5.92 Å². The minimum atomic E-state index is 0.929. The quantitative estimate of drug-likeness (QED) is 0.427. The molecular formula is C6H12N2. The lowest BCUT2D eigenvalue weighted by molar-refractivity contribution is 0.674. The van der Waals surface area contributed by atoms with E-state index in [4.69, 9.17) is 0 Å². The van der Waals surface area contributed by atoms with Crippen LogP contribution in [0.5, 0.6) is 0 Å². The van der Waals surface area contributed by atoms with E-state index >= 15 is 0 Å². The van der Waals surface area contributed by atoms with Crippen LogP contribution in [-0.2, 0) is 0 Å². The van der Waals surface area contributed by atoms with Crippen molar-refractivity contribution >= 4 is 6.21 Å². The molecule has 1 fully saturated rings. The van der Waals surface area contributed by atoms with Gasteiger partial charge in [0.1, 0.15) is 0 Å². The summed E-state index contributed by atoms with van der Waals surface area (Å²) >= 11 is 0. The van der Waals surface area contributed by atoms with Gasteiger partial charge in [-0.15, -0.1) is 0 Å². The number of hydrogen-bond acceptors (Lipinski definition) is 2. The standard InChI is InChI=1S/C6H12N2/c1-2-7-8-5-6-3-4-6/h2,6,8H,3-5H2,1H3/b7-2-. The van der Waals surface area contributed by atoms with E-state index in [1.165, 1.54) is 12.8 Å². The topological polar surface area (TPSA) is 24.4 Å². The summed E-state index contributed by atoms with van der Waals surface area (Å²) in [5.74, 6) is 0.929. The number of hydrazone groups is 1.